The fourth-order valence-electron chi connectivity index (χ4n) is 2.31. The van der Waals surface area contributed by atoms with Gasteiger partial charge in [-0.3, -0.25) is 4.79 Å². The molecule has 0 saturated heterocycles. The molecule has 3 heteroatoms. The second kappa shape index (κ2) is 9.54. The highest BCUT2D eigenvalue weighted by Gasteiger charge is 2.09. The number of aryl methyl sites for hydroxylation is 1. The van der Waals surface area contributed by atoms with E-state index >= 15 is 0 Å². The molecule has 0 aromatic heterocycles. The first-order chi connectivity index (χ1) is 9.65. The zero-order valence-electron chi connectivity index (χ0n) is 13.0. The predicted octanol–water partition coefficient (Wildman–Crippen LogP) is 3.88. The summed E-state index contributed by atoms with van der Waals surface area (Å²) in [4.78, 5) is 11.9. The molecule has 0 aliphatic carbocycles. The third kappa shape index (κ3) is 6.71. The minimum absolute atomic E-state index is 0.0354. The van der Waals surface area contributed by atoms with Crippen LogP contribution in [0, 0.1) is 6.92 Å². The maximum absolute atomic E-state index is 11.9. The molecule has 1 rings (SSSR count). The second-order valence-electron chi connectivity index (χ2n) is 5.43. The molecule has 0 aliphatic rings. The minimum atomic E-state index is 0.0354. The van der Waals surface area contributed by atoms with Gasteiger partial charge in [-0.15, -0.1) is 0 Å². The van der Waals surface area contributed by atoms with Gasteiger partial charge in [0.1, 0.15) is 0 Å². The number of nitrogens with one attached hydrogen (secondary N) is 2. The van der Waals surface area contributed by atoms with Crippen LogP contribution in [0.4, 0.5) is 5.69 Å². The summed E-state index contributed by atoms with van der Waals surface area (Å²) < 4.78 is 0. The monoisotopic (exact) mass is 276 g/mol. The van der Waals surface area contributed by atoms with Gasteiger partial charge >= 0.3 is 0 Å². The molecule has 1 aromatic carbocycles. The highest BCUT2D eigenvalue weighted by molar-refractivity contribution is 5.92. The van der Waals surface area contributed by atoms with E-state index in [1.807, 2.05) is 31.2 Å². The summed E-state index contributed by atoms with van der Waals surface area (Å²) in [6.07, 6.45) is 5.87. The van der Waals surface area contributed by atoms with Crippen molar-refractivity contribution in [2.45, 2.75) is 58.9 Å². The third-order valence-electron chi connectivity index (χ3n) is 3.40. The average molecular weight is 276 g/mol. The summed E-state index contributed by atoms with van der Waals surface area (Å²) in [7, 11) is 0. The van der Waals surface area contributed by atoms with Crippen LogP contribution in [0.25, 0.3) is 0 Å². The molecule has 1 aromatic rings. The largest absolute Gasteiger partial charge is 0.325 e. The van der Waals surface area contributed by atoms with Gasteiger partial charge in [0.2, 0.25) is 5.91 Å². The van der Waals surface area contributed by atoms with Gasteiger partial charge in [-0.1, -0.05) is 45.2 Å². The second-order valence-corrected chi connectivity index (χ2v) is 5.43. The highest BCUT2D eigenvalue weighted by Crippen LogP contribution is 2.09. The number of anilines is 1. The lowest BCUT2D eigenvalue weighted by molar-refractivity contribution is -0.115. The fraction of sp³-hybridized carbons (Fsp3) is 0.588. The van der Waals surface area contributed by atoms with Crippen molar-refractivity contribution in [2.24, 2.45) is 0 Å². The molecule has 0 saturated carbocycles. The maximum atomic E-state index is 11.9. The van der Waals surface area contributed by atoms with E-state index in [4.69, 9.17) is 0 Å². The van der Waals surface area contributed by atoms with Gasteiger partial charge in [0.05, 0.1) is 6.54 Å². The van der Waals surface area contributed by atoms with Crippen LogP contribution >= 0.6 is 0 Å². The van der Waals surface area contributed by atoms with Crippen molar-refractivity contribution in [3.05, 3.63) is 29.8 Å². The van der Waals surface area contributed by atoms with Crippen molar-refractivity contribution >= 4 is 11.6 Å². The molecule has 0 spiro atoms. The van der Waals surface area contributed by atoms with Crippen LogP contribution in [-0.4, -0.2) is 18.5 Å². The number of rotatable bonds is 9. The predicted molar refractivity (Wildman–Crippen MR) is 86.0 cm³/mol. The molecule has 0 heterocycles. The molecular weight excluding hydrogens is 248 g/mol. The number of unbranched alkanes of at least 4 members (excludes halogenated alkanes) is 1. The Kier molecular flexibility index (Phi) is 7.97. The van der Waals surface area contributed by atoms with E-state index in [1.54, 1.807) is 0 Å². The van der Waals surface area contributed by atoms with Crippen molar-refractivity contribution in [2.75, 3.05) is 11.9 Å². The Bertz CT molecular complexity index is 404. The number of carbonyl (C=O) groups is 1. The van der Waals surface area contributed by atoms with E-state index in [0.29, 0.717) is 12.6 Å². The molecule has 1 atom stereocenters. The number of carbonyl (C=O) groups excluding carboxylic acids is 1. The summed E-state index contributed by atoms with van der Waals surface area (Å²) >= 11 is 0. The zero-order valence-corrected chi connectivity index (χ0v) is 13.0. The van der Waals surface area contributed by atoms with E-state index in [9.17, 15) is 4.79 Å². The lowest BCUT2D eigenvalue weighted by Gasteiger charge is -2.17. The summed E-state index contributed by atoms with van der Waals surface area (Å²) in [5, 5.41) is 6.31. The molecular formula is C17H28N2O. The van der Waals surface area contributed by atoms with E-state index in [-0.39, 0.29) is 5.91 Å². The van der Waals surface area contributed by atoms with Gasteiger partial charge in [-0.2, -0.15) is 0 Å². The van der Waals surface area contributed by atoms with Crippen LogP contribution in [0.1, 0.15) is 51.5 Å². The van der Waals surface area contributed by atoms with Crippen LogP contribution < -0.4 is 10.6 Å². The fourth-order valence-corrected chi connectivity index (χ4v) is 2.31. The Hall–Kier alpha value is -1.35. The minimum Gasteiger partial charge on any atom is -0.325 e. The smallest absolute Gasteiger partial charge is 0.238 e. The lowest BCUT2D eigenvalue weighted by atomic mass is 10.1. The molecule has 3 nitrogen and oxygen atoms in total. The van der Waals surface area contributed by atoms with Crippen LogP contribution in [0.5, 0.6) is 0 Å². The molecule has 1 amide bonds. The van der Waals surface area contributed by atoms with Gasteiger partial charge in [0.15, 0.2) is 0 Å². The molecule has 2 N–H and O–H groups in total. The van der Waals surface area contributed by atoms with Gasteiger partial charge in [0, 0.05) is 11.7 Å². The normalized spacial score (nSPS) is 12.2. The Labute approximate surface area is 123 Å². The van der Waals surface area contributed by atoms with E-state index < -0.39 is 0 Å². The molecule has 112 valence electrons. The third-order valence-corrected chi connectivity index (χ3v) is 3.40. The lowest BCUT2D eigenvalue weighted by Crippen LogP contribution is -2.36. The quantitative estimate of drug-likeness (QED) is 0.718. The van der Waals surface area contributed by atoms with Crippen LogP contribution in [0.3, 0.4) is 0 Å². The Balaban J connectivity index is 2.37. The van der Waals surface area contributed by atoms with E-state index in [0.717, 1.165) is 30.5 Å². The number of amides is 1. The number of hydrogen-bond acceptors (Lipinski definition) is 2. The van der Waals surface area contributed by atoms with E-state index in [2.05, 4.69) is 24.5 Å². The summed E-state index contributed by atoms with van der Waals surface area (Å²) in [6, 6.07) is 8.35. The topological polar surface area (TPSA) is 41.1 Å². The first-order valence-electron chi connectivity index (χ1n) is 7.75. The van der Waals surface area contributed by atoms with Crippen LogP contribution in [0.15, 0.2) is 24.3 Å². The Morgan fingerprint density at radius 3 is 2.65 bits per heavy atom. The van der Waals surface area contributed by atoms with Gasteiger partial charge in [-0.25, -0.2) is 0 Å². The SMILES string of the molecule is CCCCC(CCC)NCC(=O)Nc1cccc(C)c1. The van der Waals surface area contributed by atoms with Crippen LogP contribution in [-0.2, 0) is 4.79 Å². The standard InChI is InChI=1S/C17H28N2O/c1-4-6-10-15(8-5-2)18-13-17(20)19-16-11-7-9-14(3)12-16/h7,9,11-12,15,18H,4-6,8,10,13H2,1-3H3,(H,19,20). The van der Waals surface area contributed by atoms with Crippen molar-refractivity contribution in [1.82, 2.24) is 5.32 Å². The van der Waals surface area contributed by atoms with Gasteiger partial charge in [0.25, 0.3) is 0 Å². The first-order valence-corrected chi connectivity index (χ1v) is 7.75. The summed E-state index contributed by atoms with van der Waals surface area (Å²) in [6.45, 7) is 6.80. The number of benzene rings is 1. The van der Waals surface area contributed by atoms with Crippen molar-refractivity contribution in [1.29, 1.82) is 0 Å². The van der Waals surface area contributed by atoms with Crippen molar-refractivity contribution in [3.8, 4) is 0 Å². The Morgan fingerprint density at radius 1 is 1.20 bits per heavy atom. The first kappa shape index (κ1) is 16.7. The molecule has 0 bridgehead atoms. The molecule has 0 radical (unpaired) electrons. The molecule has 0 aliphatic heterocycles. The maximum Gasteiger partial charge on any atom is 0.238 e. The average Bonchev–Trinajstić information content (AvgIpc) is 2.42. The van der Waals surface area contributed by atoms with Crippen molar-refractivity contribution in [3.63, 3.8) is 0 Å². The van der Waals surface area contributed by atoms with Gasteiger partial charge in [-0.05, 0) is 37.5 Å². The van der Waals surface area contributed by atoms with Crippen molar-refractivity contribution < 1.29 is 4.79 Å². The Morgan fingerprint density at radius 2 is 2.00 bits per heavy atom. The van der Waals surface area contributed by atoms with Gasteiger partial charge < -0.3 is 10.6 Å². The molecule has 0 fully saturated rings. The molecule has 20 heavy (non-hydrogen) atoms. The molecule has 1 unspecified atom stereocenters. The zero-order chi connectivity index (χ0) is 14.8. The van der Waals surface area contributed by atoms with Crippen LogP contribution in [0.2, 0.25) is 0 Å². The number of hydrogen-bond donors (Lipinski definition) is 2. The summed E-state index contributed by atoms with van der Waals surface area (Å²) in [5.41, 5.74) is 2.03. The summed E-state index contributed by atoms with van der Waals surface area (Å²) in [5.74, 6) is 0.0354. The highest BCUT2D eigenvalue weighted by atomic mass is 16.1. The van der Waals surface area contributed by atoms with E-state index in [1.165, 1.54) is 12.8 Å².